The number of para-hydroxylation sites is 2. The van der Waals surface area contributed by atoms with Crippen molar-refractivity contribution in [1.29, 1.82) is 0 Å². The quantitative estimate of drug-likeness (QED) is 0.172. The van der Waals surface area contributed by atoms with E-state index in [2.05, 4.69) is 242 Å². The molecule has 2 nitrogen and oxygen atoms in total. The molecule has 0 bridgehead atoms. The molecular weight excluding hydrogens is 773 g/mol. The smallest absolute Gasteiger partial charge is 0.0726 e. The molecule has 2 heteroatoms. The van der Waals surface area contributed by atoms with E-state index in [1.165, 1.54) is 105 Å². The van der Waals surface area contributed by atoms with Crippen LogP contribution in [-0.4, -0.2) is 4.57 Å². The van der Waals surface area contributed by atoms with Gasteiger partial charge in [0.2, 0.25) is 0 Å². The highest BCUT2D eigenvalue weighted by molar-refractivity contribution is 6.18. The van der Waals surface area contributed by atoms with Crippen molar-refractivity contribution in [2.45, 2.75) is 24.7 Å². The Labute approximate surface area is 372 Å². The number of aromatic nitrogens is 1. The Bertz CT molecular complexity index is 3710. The Morgan fingerprint density at radius 1 is 0.344 bits per heavy atom. The van der Waals surface area contributed by atoms with Crippen LogP contribution in [0.1, 0.15) is 47.2 Å². The van der Waals surface area contributed by atoms with Crippen LogP contribution in [0.2, 0.25) is 0 Å². The van der Waals surface area contributed by atoms with Gasteiger partial charge in [0.05, 0.1) is 16.4 Å². The number of hydrogen-bond donors (Lipinski definition) is 0. The van der Waals surface area contributed by atoms with Gasteiger partial charge >= 0.3 is 0 Å². The molecule has 0 amide bonds. The van der Waals surface area contributed by atoms with Gasteiger partial charge in [-0.15, -0.1) is 0 Å². The molecule has 0 saturated heterocycles. The molecule has 1 aromatic heterocycles. The van der Waals surface area contributed by atoms with Gasteiger partial charge in [0.1, 0.15) is 0 Å². The molecule has 11 aromatic rings. The zero-order valence-corrected chi connectivity index (χ0v) is 35.7. The Hall–Kier alpha value is -7.94. The first-order valence-corrected chi connectivity index (χ1v) is 22.5. The second kappa shape index (κ2) is 12.8. The maximum Gasteiger partial charge on any atom is 0.0726 e. The van der Waals surface area contributed by atoms with E-state index in [-0.39, 0.29) is 5.41 Å². The average molecular weight is 815 g/mol. The van der Waals surface area contributed by atoms with Gasteiger partial charge in [-0.3, -0.25) is 0 Å². The van der Waals surface area contributed by atoms with Crippen LogP contribution in [0.3, 0.4) is 0 Å². The Morgan fingerprint density at radius 2 is 0.844 bits per heavy atom. The van der Waals surface area contributed by atoms with Crippen molar-refractivity contribution in [1.82, 2.24) is 4.57 Å². The molecule has 0 saturated carbocycles. The lowest BCUT2D eigenvalue weighted by molar-refractivity contribution is 0.660. The third kappa shape index (κ3) is 4.54. The number of rotatable bonds is 4. The minimum absolute atomic E-state index is 0.249. The molecule has 0 fully saturated rings. The van der Waals surface area contributed by atoms with Crippen molar-refractivity contribution in [3.05, 3.63) is 252 Å². The van der Waals surface area contributed by atoms with Gasteiger partial charge in [0.15, 0.2) is 0 Å². The van der Waals surface area contributed by atoms with Crippen LogP contribution < -0.4 is 4.90 Å². The van der Waals surface area contributed by atoms with Gasteiger partial charge in [0.25, 0.3) is 0 Å². The fourth-order valence-electron chi connectivity index (χ4n) is 12.2. The number of fused-ring (bicyclic) bond motifs is 18. The zero-order valence-electron chi connectivity index (χ0n) is 35.7. The van der Waals surface area contributed by atoms with Crippen molar-refractivity contribution < 1.29 is 0 Å². The van der Waals surface area contributed by atoms with Gasteiger partial charge in [-0.1, -0.05) is 178 Å². The SMILES string of the molecule is CC1(C)c2cc(N(c3ccccc3)c3ccc4c(c3)C3(c5ccccc5-c5ccccc53)c3ccccc3-4)ccc2-c2ccc(-n3c4ccccc4c4ccc5ccccc5c43)cc21. The third-order valence-corrected chi connectivity index (χ3v) is 15.0. The largest absolute Gasteiger partial charge is 0.310 e. The summed E-state index contributed by atoms with van der Waals surface area (Å²) >= 11 is 0. The average Bonchev–Trinajstić information content (AvgIpc) is 4.02. The van der Waals surface area contributed by atoms with E-state index < -0.39 is 5.41 Å². The summed E-state index contributed by atoms with van der Waals surface area (Å²) < 4.78 is 2.49. The van der Waals surface area contributed by atoms with Gasteiger partial charge < -0.3 is 9.47 Å². The van der Waals surface area contributed by atoms with Gasteiger partial charge in [-0.2, -0.15) is 0 Å². The molecule has 0 radical (unpaired) electrons. The van der Waals surface area contributed by atoms with Crippen LogP contribution >= 0.6 is 0 Å². The fourth-order valence-corrected chi connectivity index (χ4v) is 12.2. The van der Waals surface area contributed by atoms with Gasteiger partial charge in [-0.25, -0.2) is 0 Å². The molecule has 3 aliphatic rings. The van der Waals surface area contributed by atoms with Crippen molar-refractivity contribution in [2.24, 2.45) is 0 Å². The molecule has 0 atom stereocenters. The van der Waals surface area contributed by atoms with E-state index in [9.17, 15) is 0 Å². The first-order chi connectivity index (χ1) is 31.5. The molecule has 3 aliphatic carbocycles. The van der Waals surface area contributed by atoms with E-state index >= 15 is 0 Å². The summed E-state index contributed by atoms with van der Waals surface area (Å²) in [6.45, 7) is 4.81. The van der Waals surface area contributed by atoms with Crippen LogP contribution in [0.4, 0.5) is 17.1 Å². The predicted octanol–water partition coefficient (Wildman–Crippen LogP) is 16.1. The second-order valence-corrected chi connectivity index (χ2v) is 18.4. The van der Waals surface area contributed by atoms with E-state index in [1.807, 2.05) is 0 Å². The monoisotopic (exact) mass is 814 g/mol. The summed E-state index contributed by atoms with van der Waals surface area (Å²) in [6.07, 6.45) is 0. The third-order valence-electron chi connectivity index (χ3n) is 15.0. The summed E-state index contributed by atoms with van der Waals surface area (Å²) in [4.78, 5) is 2.47. The Morgan fingerprint density at radius 3 is 1.52 bits per heavy atom. The maximum absolute atomic E-state index is 2.50. The highest BCUT2D eigenvalue weighted by atomic mass is 15.1. The Kier molecular flexibility index (Phi) is 7.13. The molecule has 64 heavy (non-hydrogen) atoms. The van der Waals surface area contributed by atoms with Crippen LogP contribution in [0.15, 0.2) is 218 Å². The lowest BCUT2D eigenvalue weighted by Gasteiger charge is -2.32. The lowest BCUT2D eigenvalue weighted by atomic mass is 9.70. The number of anilines is 3. The number of nitrogens with zero attached hydrogens (tertiary/aromatic N) is 2. The summed E-state index contributed by atoms with van der Waals surface area (Å²) in [5.74, 6) is 0. The summed E-state index contributed by atoms with van der Waals surface area (Å²) in [5.41, 5.74) is 22.4. The Balaban J connectivity index is 0.940. The molecule has 300 valence electrons. The first-order valence-electron chi connectivity index (χ1n) is 22.5. The molecule has 0 unspecified atom stereocenters. The minimum atomic E-state index is -0.417. The molecule has 14 rings (SSSR count). The van der Waals surface area contributed by atoms with E-state index in [4.69, 9.17) is 0 Å². The van der Waals surface area contributed by atoms with Crippen LogP contribution in [0, 0.1) is 0 Å². The van der Waals surface area contributed by atoms with Crippen LogP contribution in [0.25, 0.3) is 71.6 Å². The van der Waals surface area contributed by atoms with Crippen LogP contribution in [0.5, 0.6) is 0 Å². The first kappa shape index (κ1) is 35.6. The maximum atomic E-state index is 2.50. The van der Waals surface area contributed by atoms with Crippen molar-refractivity contribution in [3.63, 3.8) is 0 Å². The van der Waals surface area contributed by atoms with Crippen molar-refractivity contribution >= 4 is 49.6 Å². The summed E-state index contributed by atoms with van der Waals surface area (Å²) in [6, 6.07) is 81.9. The van der Waals surface area contributed by atoms with Crippen molar-refractivity contribution in [2.75, 3.05) is 4.90 Å². The molecule has 1 heterocycles. The standard InChI is InChI=1S/C62H42N2/c1-61(2)56-36-41(29-33-48(56)49-34-31-43(37-57(49)61)64-59-27-15-11-23-51(59)52-32-28-39-16-6-7-19-44(39)60(52)64)63(40-17-4-3-5-18-40)42-30-35-50-47-22-10-14-26-55(47)62(58(50)38-42)53-24-12-8-20-45(53)46-21-9-13-25-54(46)62/h3-38H,1-2H3. The normalized spacial score (nSPS) is 14.3. The topological polar surface area (TPSA) is 8.17 Å². The molecule has 0 N–H and O–H groups in total. The van der Waals surface area contributed by atoms with Crippen molar-refractivity contribution in [3.8, 4) is 39.1 Å². The minimum Gasteiger partial charge on any atom is -0.310 e. The predicted molar refractivity (Wildman–Crippen MR) is 267 cm³/mol. The lowest BCUT2D eigenvalue weighted by Crippen LogP contribution is -2.26. The second-order valence-electron chi connectivity index (χ2n) is 18.4. The molecule has 10 aromatic carbocycles. The van der Waals surface area contributed by atoms with Gasteiger partial charge in [-0.05, 0) is 127 Å². The van der Waals surface area contributed by atoms with E-state index in [1.54, 1.807) is 0 Å². The fraction of sp³-hybridized carbons (Fsp3) is 0.0645. The highest BCUT2D eigenvalue weighted by Crippen LogP contribution is 2.63. The molecule has 0 aliphatic heterocycles. The number of hydrogen-bond acceptors (Lipinski definition) is 1. The number of benzene rings is 10. The van der Waals surface area contributed by atoms with Crippen LogP contribution in [-0.2, 0) is 10.8 Å². The molecule has 1 spiro atoms. The van der Waals surface area contributed by atoms with E-state index in [0.717, 1.165) is 17.1 Å². The van der Waals surface area contributed by atoms with Gasteiger partial charge in [0, 0.05) is 44.3 Å². The zero-order chi connectivity index (χ0) is 42.3. The highest BCUT2D eigenvalue weighted by Gasteiger charge is 2.51. The molecular formula is C62H42N2. The summed E-state index contributed by atoms with van der Waals surface area (Å²) in [5, 5.41) is 5.09. The van der Waals surface area contributed by atoms with E-state index in [0.29, 0.717) is 0 Å². The summed E-state index contributed by atoms with van der Waals surface area (Å²) in [7, 11) is 0.